The van der Waals surface area contributed by atoms with Crippen LogP contribution >= 0.6 is 11.1 Å². The van der Waals surface area contributed by atoms with Gasteiger partial charge in [-0.1, -0.05) is 32.9 Å². The van der Waals surface area contributed by atoms with E-state index < -0.39 is 11.1 Å². The van der Waals surface area contributed by atoms with Gasteiger partial charge >= 0.3 is 0 Å². The molecule has 11 heteroatoms. The number of hydrogen-bond donors (Lipinski definition) is 3. The quantitative estimate of drug-likeness (QED) is 0.344. The van der Waals surface area contributed by atoms with Gasteiger partial charge in [0.1, 0.15) is 0 Å². The van der Waals surface area contributed by atoms with Gasteiger partial charge < -0.3 is 29.3 Å². The van der Waals surface area contributed by atoms with Gasteiger partial charge in [-0.15, -0.1) is 4.37 Å². The van der Waals surface area contributed by atoms with E-state index in [1.54, 1.807) is 23.1 Å². The minimum atomic E-state index is -1.74. The van der Waals surface area contributed by atoms with Gasteiger partial charge in [0, 0.05) is 17.5 Å². The van der Waals surface area contributed by atoms with Crippen molar-refractivity contribution < 1.29 is 23.9 Å². The number of fused-ring (bicyclic) bond motifs is 1. The summed E-state index contributed by atoms with van der Waals surface area (Å²) in [6, 6.07) is 10.3. The Hall–Kier alpha value is -3.57. The highest BCUT2D eigenvalue weighted by Crippen LogP contribution is 2.41. The largest absolute Gasteiger partial charge is 0.548 e. The summed E-state index contributed by atoms with van der Waals surface area (Å²) in [6.07, 6.45) is 1.91. The third-order valence-electron chi connectivity index (χ3n) is 6.29. The molecule has 2 aliphatic heterocycles. The van der Waals surface area contributed by atoms with Crippen molar-refractivity contribution in [1.29, 1.82) is 0 Å². The van der Waals surface area contributed by atoms with E-state index in [-0.39, 0.29) is 47.0 Å². The number of likely N-dealkylation sites (tertiary alicyclic amines) is 1. The third-order valence-corrected chi connectivity index (χ3v) is 7.00. The summed E-state index contributed by atoms with van der Waals surface area (Å²) in [4.78, 5) is 19.5. The first kappa shape index (κ1) is 24.1. The number of carbonyl (C=O) groups excluding carboxylic acids is 1. The molecule has 0 bridgehead atoms. The van der Waals surface area contributed by atoms with Crippen molar-refractivity contribution >= 4 is 28.6 Å². The monoisotopic (exact) mass is 511 g/mol. The number of phenols is 1. The maximum atomic E-state index is 12.9. The molecular weight excluding hydrogens is 482 g/mol. The number of ether oxygens (including phenoxy) is 2. The lowest BCUT2D eigenvalue weighted by molar-refractivity contribution is 0.0790. The lowest BCUT2D eigenvalue weighted by atomic mass is 9.82. The first-order chi connectivity index (χ1) is 17.2. The summed E-state index contributed by atoms with van der Waals surface area (Å²) in [7, 11) is 0. The number of para-hydroxylation sites is 1. The highest BCUT2D eigenvalue weighted by molar-refractivity contribution is 7.13. The fourth-order valence-corrected chi connectivity index (χ4v) is 5.12. The van der Waals surface area contributed by atoms with Crippen molar-refractivity contribution in [2.75, 3.05) is 25.2 Å². The summed E-state index contributed by atoms with van der Waals surface area (Å²) in [5, 5.41) is 13.9. The lowest BCUT2D eigenvalue weighted by Crippen LogP contribution is -2.27. The molecule has 36 heavy (non-hydrogen) atoms. The minimum Gasteiger partial charge on any atom is -0.548 e. The van der Waals surface area contributed by atoms with E-state index in [2.05, 4.69) is 34.8 Å². The molecule has 2 aliphatic rings. The Balaban J connectivity index is 1.50. The molecule has 2 unspecified atom stereocenters. The molecular formula is C25H29N5O5S. The molecule has 0 spiro atoms. The average molecular weight is 512 g/mol. The Kier molecular flexibility index (Phi) is 6.35. The predicted octanol–water partition coefficient (Wildman–Crippen LogP) is 4.24. The number of nitrogens with zero attached hydrogens (tertiary/aromatic N) is 3. The molecule has 3 N–H and O–H groups in total. The summed E-state index contributed by atoms with van der Waals surface area (Å²) in [6.45, 7) is 7.70. The fourth-order valence-electron chi connectivity index (χ4n) is 4.47. The Labute approximate surface area is 211 Å². The van der Waals surface area contributed by atoms with Crippen molar-refractivity contribution in [1.82, 2.24) is 13.6 Å². The molecule has 10 nitrogen and oxygen atoms in total. The number of rotatable bonds is 5. The fraction of sp³-hybridized carbons (Fsp3) is 0.400. The lowest BCUT2D eigenvalue weighted by Gasteiger charge is -2.27. The SMILES string of the molecule is CC(C)(C)C(N=c1[nH][s+]([O-])nc1Nc1cccc(C(=O)N2CCCC2)c1O)c1ccc2c(c1)OCO2. The molecule has 2 aromatic carbocycles. The highest BCUT2D eigenvalue weighted by Gasteiger charge is 2.29. The van der Waals surface area contributed by atoms with Crippen molar-refractivity contribution in [3.05, 3.63) is 53.0 Å². The Morgan fingerprint density at radius 3 is 2.72 bits per heavy atom. The normalized spacial score (nSPS) is 16.9. The van der Waals surface area contributed by atoms with Gasteiger partial charge in [-0.25, -0.2) is 0 Å². The van der Waals surface area contributed by atoms with Gasteiger partial charge in [0.05, 0.1) is 17.3 Å². The number of aromatic hydroxyl groups is 1. The van der Waals surface area contributed by atoms with Gasteiger partial charge in [0.15, 0.2) is 28.4 Å². The maximum Gasteiger partial charge on any atom is 0.257 e. The van der Waals surface area contributed by atoms with E-state index in [1.807, 2.05) is 18.2 Å². The summed E-state index contributed by atoms with van der Waals surface area (Å²) >= 11 is -1.74. The molecule has 1 fully saturated rings. The van der Waals surface area contributed by atoms with E-state index in [0.717, 1.165) is 18.4 Å². The van der Waals surface area contributed by atoms with Crippen molar-refractivity contribution in [3.63, 3.8) is 0 Å². The van der Waals surface area contributed by atoms with Crippen LogP contribution in [0, 0.1) is 5.41 Å². The first-order valence-electron chi connectivity index (χ1n) is 11.8. The van der Waals surface area contributed by atoms with Crippen LogP contribution < -0.4 is 20.3 Å². The minimum absolute atomic E-state index is 0.178. The molecule has 2 atom stereocenters. The van der Waals surface area contributed by atoms with E-state index in [4.69, 9.17) is 14.5 Å². The van der Waals surface area contributed by atoms with Gasteiger partial charge in [-0.3, -0.25) is 9.79 Å². The zero-order valence-electron chi connectivity index (χ0n) is 20.4. The van der Waals surface area contributed by atoms with Gasteiger partial charge in [0.2, 0.25) is 18.1 Å². The molecule has 190 valence electrons. The van der Waals surface area contributed by atoms with E-state index in [0.29, 0.717) is 30.1 Å². The predicted molar refractivity (Wildman–Crippen MR) is 134 cm³/mol. The van der Waals surface area contributed by atoms with Crippen LogP contribution in [0.4, 0.5) is 11.5 Å². The third kappa shape index (κ3) is 4.76. The number of carbonyl (C=O) groups is 1. The summed E-state index contributed by atoms with van der Waals surface area (Å²) in [5.41, 5.74) is 1.38. The number of benzene rings is 2. The molecule has 1 saturated heterocycles. The van der Waals surface area contributed by atoms with Gasteiger partial charge in [-0.2, -0.15) is 0 Å². The van der Waals surface area contributed by atoms with E-state index in [9.17, 15) is 14.5 Å². The topological polar surface area (TPSA) is 135 Å². The van der Waals surface area contributed by atoms with Crippen LogP contribution in [0.3, 0.4) is 0 Å². The second kappa shape index (κ2) is 9.47. The standard InChI is InChI=1S/C25H29N5O5S/c1-25(2,3)21(15-9-10-18-19(13-15)35-14-34-18)27-23-22(28-36(33)29-23)26-17-8-6-7-16(20(17)31)24(32)30-11-4-5-12-30/h6-10,13,21,31H,4-5,11-12,14H2,1-3H3,(H,26,28)(H,27,29). The molecule has 0 aliphatic carbocycles. The Morgan fingerprint density at radius 2 is 1.97 bits per heavy atom. The smallest absolute Gasteiger partial charge is 0.257 e. The van der Waals surface area contributed by atoms with Gasteiger partial charge in [-0.05, 0) is 48.1 Å². The van der Waals surface area contributed by atoms with Crippen LogP contribution in [0.5, 0.6) is 17.2 Å². The summed E-state index contributed by atoms with van der Waals surface area (Å²) in [5.74, 6) is 1.15. The van der Waals surface area contributed by atoms with Crippen molar-refractivity contribution in [3.8, 4) is 17.2 Å². The Morgan fingerprint density at radius 1 is 1.22 bits per heavy atom. The second-order valence-electron chi connectivity index (χ2n) is 9.98. The van der Waals surface area contributed by atoms with Crippen molar-refractivity contribution in [2.24, 2.45) is 10.4 Å². The Bertz CT molecular complexity index is 1350. The van der Waals surface area contributed by atoms with Crippen LogP contribution in [-0.4, -0.2) is 49.1 Å². The summed E-state index contributed by atoms with van der Waals surface area (Å²) < 4.78 is 30.2. The highest BCUT2D eigenvalue weighted by atomic mass is 32.2. The van der Waals surface area contributed by atoms with E-state index >= 15 is 0 Å². The van der Waals surface area contributed by atoms with Gasteiger partial charge in [0.25, 0.3) is 5.91 Å². The number of anilines is 2. The number of hydrogen-bond acceptors (Lipinski definition) is 8. The number of aromatic amines is 1. The molecule has 0 saturated carbocycles. The molecule has 3 aromatic rings. The molecule has 1 aromatic heterocycles. The molecule has 1 amide bonds. The zero-order chi connectivity index (χ0) is 25.4. The molecule has 3 heterocycles. The van der Waals surface area contributed by atoms with Crippen LogP contribution in [0.1, 0.15) is 55.6 Å². The van der Waals surface area contributed by atoms with Crippen molar-refractivity contribution in [2.45, 2.75) is 39.7 Å². The van der Waals surface area contributed by atoms with Crippen LogP contribution in [-0.2, 0) is 0 Å². The van der Waals surface area contributed by atoms with Crippen LogP contribution in [0.25, 0.3) is 0 Å². The van der Waals surface area contributed by atoms with E-state index in [1.165, 1.54) is 0 Å². The number of amides is 1. The maximum absolute atomic E-state index is 12.9. The second-order valence-corrected chi connectivity index (χ2v) is 10.9. The number of phenolic OH excluding ortho intramolecular Hbond substituents is 1. The molecule has 0 radical (unpaired) electrons. The number of nitrogens with one attached hydrogen (secondary N) is 2. The first-order valence-corrected chi connectivity index (χ1v) is 12.9. The van der Waals surface area contributed by atoms with Crippen LogP contribution in [0.2, 0.25) is 0 Å². The number of H-pyrrole nitrogens is 1. The molecule has 5 rings (SSSR count). The number of aromatic nitrogens is 2. The van der Waals surface area contributed by atoms with Crippen LogP contribution in [0.15, 0.2) is 41.4 Å². The zero-order valence-corrected chi connectivity index (χ0v) is 21.2. The average Bonchev–Trinajstić information content (AvgIpc) is 3.58.